The van der Waals surface area contributed by atoms with Crippen molar-refractivity contribution in [3.63, 3.8) is 0 Å². The molecule has 3 atom stereocenters. The molecule has 0 aliphatic rings. The molecule has 0 bridgehead atoms. The Hall–Kier alpha value is -1.97. The number of unbranched alkanes of at least 4 members (excludes halogenated alkanes) is 5. The van der Waals surface area contributed by atoms with Crippen LogP contribution >= 0.6 is 0 Å². The average molecular weight is 675 g/mol. The van der Waals surface area contributed by atoms with Crippen LogP contribution in [0.25, 0.3) is 0 Å². The van der Waals surface area contributed by atoms with Crippen molar-refractivity contribution in [1.29, 1.82) is 0 Å². The minimum atomic E-state index is -8.03. The average Bonchev–Trinajstić information content (AvgIpc) is 2.89. The van der Waals surface area contributed by atoms with Crippen molar-refractivity contribution < 1.29 is 76.1 Å². The van der Waals surface area contributed by atoms with E-state index in [1.165, 1.54) is 13.8 Å². The highest BCUT2D eigenvalue weighted by Gasteiger charge is 2.90. The number of carbonyl (C=O) groups excluding carboxylic acids is 2. The standard InChI is InChI=1S/C27H39F13O4/c1-5-8-9-10-11-12-13-18(14-17(4)20(41)43-6-2)15-19(21(42)44-7-3)16-22(28,29)23(30,31)24(32,33)25(34,35)26(36,37)27(38,39)40/h17-19H,5-16H2,1-4H3. The summed E-state index contributed by atoms with van der Waals surface area (Å²) in [7, 11) is 0. The number of hydrogen-bond donors (Lipinski definition) is 0. The van der Waals surface area contributed by atoms with Crippen molar-refractivity contribution in [1.82, 2.24) is 0 Å². The molecule has 44 heavy (non-hydrogen) atoms. The molecule has 0 aliphatic heterocycles. The van der Waals surface area contributed by atoms with Crippen molar-refractivity contribution in [2.24, 2.45) is 17.8 Å². The van der Waals surface area contributed by atoms with Crippen LogP contribution < -0.4 is 0 Å². The molecule has 0 saturated heterocycles. The highest BCUT2D eigenvalue weighted by molar-refractivity contribution is 5.73. The maximum Gasteiger partial charge on any atom is 0.460 e. The molecule has 0 rings (SSSR count). The van der Waals surface area contributed by atoms with Crippen molar-refractivity contribution in [3.05, 3.63) is 0 Å². The maximum absolute atomic E-state index is 14.8. The van der Waals surface area contributed by atoms with Gasteiger partial charge in [-0.1, -0.05) is 58.8 Å². The summed E-state index contributed by atoms with van der Waals surface area (Å²) in [5, 5.41) is 0. The Bertz CT molecular complexity index is 891. The molecule has 0 spiro atoms. The highest BCUT2D eigenvalue weighted by atomic mass is 19.4. The Morgan fingerprint density at radius 3 is 1.52 bits per heavy atom. The molecule has 0 aliphatic carbocycles. The van der Waals surface area contributed by atoms with Gasteiger partial charge in [0, 0.05) is 6.42 Å². The van der Waals surface area contributed by atoms with Crippen LogP contribution in [0.15, 0.2) is 0 Å². The third kappa shape index (κ3) is 10.0. The lowest BCUT2D eigenvalue weighted by Crippen LogP contribution is -2.70. The lowest BCUT2D eigenvalue weighted by Gasteiger charge is -2.40. The number of hydrogen-bond acceptors (Lipinski definition) is 4. The van der Waals surface area contributed by atoms with Crippen LogP contribution in [0.4, 0.5) is 57.1 Å². The normalized spacial score (nSPS) is 15.9. The first kappa shape index (κ1) is 42.0. The molecule has 17 heteroatoms. The van der Waals surface area contributed by atoms with Gasteiger partial charge in [0.2, 0.25) is 0 Å². The number of rotatable bonds is 21. The third-order valence-electron chi connectivity index (χ3n) is 7.08. The van der Waals surface area contributed by atoms with Gasteiger partial charge >= 0.3 is 47.7 Å². The fourth-order valence-corrected chi connectivity index (χ4v) is 4.59. The quantitative estimate of drug-likeness (QED) is 0.0692. The van der Waals surface area contributed by atoms with Crippen LogP contribution in [0.1, 0.15) is 91.9 Å². The van der Waals surface area contributed by atoms with Crippen molar-refractivity contribution in [3.8, 4) is 0 Å². The molecule has 0 radical (unpaired) electrons. The van der Waals surface area contributed by atoms with Gasteiger partial charge < -0.3 is 9.47 Å². The molecule has 0 saturated carbocycles. The van der Waals surface area contributed by atoms with E-state index < -0.39 is 84.9 Å². The van der Waals surface area contributed by atoms with Gasteiger partial charge in [-0.05, 0) is 32.6 Å². The van der Waals surface area contributed by atoms with E-state index in [1.54, 1.807) is 0 Å². The highest BCUT2D eigenvalue weighted by Crippen LogP contribution is 2.61. The fourth-order valence-electron chi connectivity index (χ4n) is 4.59. The van der Waals surface area contributed by atoms with E-state index in [9.17, 15) is 66.7 Å². The SMILES string of the molecule is CCCCCCCCC(CC(C)C(=O)OCC)CC(CC(F)(F)C(F)(F)C(F)(F)C(F)(F)C(F)(F)C(F)(F)F)C(=O)OCC. The first-order chi connectivity index (χ1) is 19.9. The van der Waals surface area contributed by atoms with Crippen LogP contribution in [0.5, 0.6) is 0 Å². The Kier molecular flexibility index (Phi) is 15.8. The van der Waals surface area contributed by atoms with E-state index in [-0.39, 0.29) is 19.4 Å². The summed E-state index contributed by atoms with van der Waals surface area (Å²) in [4.78, 5) is 24.6. The predicted molar refractivity (Wildman–Crippen MR) is 132 cm³/mol. The van der Waals surface area contributed by atoms with E-state index >= 15 is 0 Å². The van der Waals surface area contributed by atoms with E-state index in [0.717, 1.165) is 32.6 Å². The molecule has 0 N–H and O–H groups in total. The minimum absolute atomic E-state index is 0.0374. The zero-order chi connectivity index (χ0) is 34.8. The van der Waals surface area contributed by atoms with Gasteiger partial charge in [0.25, 0.3) is 0 Å². The third-order valence-corrected chi connectivity index (χ3v) is 7.08. The maximum atomic E-state index is 14.8. The number of halogens is 13. The zero-order valence-corrected chi connectivity index (χ0v) is 24.8. The summed E-state index contributed by atoms with van der Waals surface area (Å²) in [6.07, 6.45) is -6.65. The lowest BCUT2D eigenvalue weighted by atomic mass is 9.80. The first-order valence-corrected chi connectivity index (χ1v) is 14.2. The molecule has 3 unspecified atom stereocenters. The molecular formula is C27H39F13O4. The van der Waals surface area contributed by atoms with Gasteiger partial charge in [0.15, 0.2) is 0 Å². The first-order valence-electron chi connectivity index (χ1n) is 14.2. The summed E-state index contributed by atoms with van der Waals surface area (Å²) in [6.45, 7) is 5.40. The molecule has 262 valence electrons. The number of ether oxygens (including phenoxy) is 2. The van der Waals surface area contributed by atoms with Gasteiger partial charge in [-0.15, -0.1) is 0 Å². The van der Waals surface area contributed by atoms with Crippen LogP contribution in [0.2, 0.25) is 0 Å². The number of alkyl halides is 13. The summed E-state index contributed by atoms with van der Waals surface area (Å²) >= 11 is 0. The molecule has 0 aromatic rings. The predicted octanol–water partition coefficient (Wildman–Crippen LogP) is 9.64. The summed E-state index contributed by atoms with van der Waals surface area (Å²) < 4.78 is 187. The summed E-state index contributed by atoms with van der Waals surface area (Å²) in [5.41, 5.74) is 0. The van der Waals surface area contributed by atoms with Gasteiger partial charge in [0.1, 0.15) is 0 Å². The molecule has 4 nitrogen and oxygen atoms in total. The number of esters is 2. The molecule has 0 fully saturated rings. The monoisotopic (exact) mass is 674 g/mol. The van der Waals surface area contributed by atoms with Gasteiger partial charge in [-0.25, -0.2) is 0 Å². The second kappa shape index (κ2) is 16.5. The van der Waals surface area contributed by atoms with Crippen molar-refractivity contribution in [2.45, 2.75) is 128 Å². The van der Waals surface area contributed by atoms with E-state index in [2.05, 4.69) is 4.74 Å². The van der Waals surface area contributed by atoms with Crippen molar-refractivity contribution in [2.75, 3.05) is 13.2 Å². The topological polar surface area (TPSA) is 52.6 Å². The van der Waals surface area contributed by atoms with Crippen LogP contribution in [0, 0.1) is 17.8 Å². The van der Waals surface area contributed by atoms with Crippen LogP contribution in [0.3, 0.4) is 0 Å². The Morgan fingerprint density at radius 1 is 0.591 bits per heavy atom. The zero-order valence-electron chi connectivity index (χ0n) is 24.8. The second-order valence-corrected chi connectivity index (χ2v) is 10.7. The second-order valence-electron chi connectivity index (χ2n) is 10.7. The summed E-state index contributed by atoms with van der Waals surface area (Å²) in [6, 6.07) is 0. The molecule has 0 aromatic heterocycles. The molecule has 0 heterocycles. The van der Waals surface area contributed by atoms with E-state index in [1.807, 2.05) is 6.92 Å². The van der Waals surface area contributed by atoms with Gasteiger partial charge in [-0.3, -0.25) is 9.59 Å². The Morgan fingerprint density at radius 2 is 1.05 bits per heavy atom. The molecule has 0 amide bonds. The largest absolute Gasteiger partial charge is 0.466 e. The van der Waals surface area contributed by atoms with E-state index in [4.69, 9.17) is 4.74 Å². The Balaban J connectivity index is 6.40. The van der Waals surface area contributed by atoms with Gasteiger partial charge in [-0.2, -0.15) is 57.1 Å². The minimum Gasteiger partial charge on any atom is -0.466 e. The van der Waals surface area contributed by atoms with E-state index in [0.29, 0.717) is 12.8 Å². The summed E-state index contributed by atoms with van der Waals surface area (Å²) in [5.74, 6) is -44.4. The number of carbonyl (C=O) groups is 2. The van der Waals surface area contributed by atoms with Crippen LogP contribution in [-0.2, 0) is 19.1 Å². The lowest BCUT2D eigenvalue weighted by molar-refractivity contribution is -0.440. The fraction of sp³-hybridized carbons (Fsp3) is 0.926. The van der Waals surface area contributed by atoms with Gasteiger partial charge in [0.05, 0.1) is 25.0 Å². The molecular weight excluding hydrogens is 635 g/mol. The smallest absolute Gasteiger partial charge is 0.460 e. The van der Waals surface area contributed by atoms with Crippen molar-refractivity contribution >= 4 is 11.9 Å². The van der Waals surface area contributed by atoms with Crippen LogP contribution in [-0.4, -0.2) is 60.9 Å². The molecule has 0 aromatic carbocycles. The Labute approximate surface area is 247 Å².